The minimum atomic E-state index is -0.237. The molecule has 0 fully saturated rings. The lowest BCUT2D eigenvalue weighted by Gasteiger charge is -2.15. The summed E-state index contributed by atoms with van der Waals surface area (Å²) in [5.41, 5.74) is 3.90. The molecule has 1 aromatic rings. The molecule has 1 aromatic carbocycles. The van der Waals surface area contributed by atoms with Crippen LogP contribution in [0.5, 0.6) is 0 Å². The molecule has 0 atom stereocenters. The van der Waals surface area contributed by atoms with Gasteiger partial charge in [-0.3, -0.25) is 14.6 Å². The summed E-state index contributed by atoms with van der Waals surface area (Å²) >= 11 is 0. The lowest BCUT2D eigenvalue weighted by molar-refractivity contribution is -0.117. The second-order valence-corrected chi connectivity index (χ2v) is 6.51. The van der Waals surface area contributed by atoms with E-state index < -0.39 is 0 Å². The standard InChI is InChI=1S/C24H32N2O2/c1-5-16-26-17-12-8-7-9-13-20-14-10-11-15-22(20)21(6-2)23(18-27)19(3)24(28)25-4/h5-6,10-11,14-18H,7-9,12-13H2,1-4H3,(H,25,28)/b16-5-,21-6+,23-19+,26-17?. The summed E-state index contributed by atoms with van der Waals surface area (Å²) in [5, 5.41) is 2.59. The van der Waals surface area contributed by atoms with Crippen LogP contribution in [0.4, 0.5) is 0 Å². The van der Waals surface area contributed by atoms with Gasteiger partial charge in [-0.1, -0.05) is 42.8 Å². The number of aryl methyl sites for hydroxylation is 1. The van der Waals surface area contributed by atoms with E-state index in [-0.39, 0.29) is 5.91 Å². The van der Waals surface area contributed by atoms with Crippen LogP contribution < -0.4 is 5.32 Å². The van der Waals surface area contributed by atoms with Crippen molar-refractivity contribution in [3.63, 3.8) is 0 Å². The number of likely N-dealkylation sites (N-methyl/N-ethyl adjacent to an activating group) is 1. The number of hydrogen-bond donors (Lipinski definition) is 1. The molecule has 150 valence electrons. The Morgan fingerprint density at radius 1 is 1.14 bits per heavy atom. The van der Waals surface area contributed by atoms with Crippen LogP contribution in [0.25, 0.3) is 5.57 Å². The van der Waals surface area contributed by atoms with Gasteiger partial charge in [0.05, 0.1) is 0 Å². The smallest absolute Gasteiger partial charge is 0.247 e. The Morgan fingerprint density at radius 3 is 2.54 bits per heavy atom. The number of aldehydes is 1. The third-order valence-electron chi connectivity index (χ3n) is 4.60. The predicted molar refractivity (Wildman–Crippen MR) is 118 cm³/mol. The number of amides is 1. The van der Waals surface area contributed by atoms with E-state index in [1.54, 1.807) is 20.2 Å². The van der Waals surface area contributed by atoms with E-state index in [9.17, 15) is 9.59 Å². The van der Waals surface area contributed by atoms with Crippen LogP contribution in [0.15, 0.2) is 58.8 Å². The number of carbonyl (C=O) groups excluding carboxylic acids is 2. The maximum Gasteiger partial charge on any atom is 0.247 e. The van der Waals surface area contributed by atoms with Gasteiger partial charge in [0.25, 0.3) is 0 Å². The number of aliphatic imine (C=N–C) groups is 1. The Balaban J connectivity index is 2.91. The fourth-order valence-electron chi connectivity index (χ4n) is 3.07. The number of rotatable bonds is 11. The van der Waals surface area contributed by atoms with E-state index in [2.05, 4.69) is 16.4 Å². The predicted octanol–water partition coefficient (Wildman–Crippen LogP) is 5.06. The zero-order valence-electron chi connectivity index (χ0n) is 17.5. The van der Waals surface area contributed by atoms with Gasteiger partial charge >= 0.3 is 0 Å². The first-order valence-electron chi connectivity index (χ1n) is 9.86. The van der Waals surface area contributed by atoms with Gasteiger partial charge in [0.2, 0.25) is 5.91 Å². The molecule has 28 heavy (non-hydrogen) atoms. The zero-order chi connectivity index (χ0) is 20.8. The van der Waals surface area contributed by atoms with Crippen LogP contribution >= 0.6 is 0 Å². The van der Waals surface area contributed by atoms with Crippen LogP contribution in [0.2, 0.25) is 0 Å². The molecular weight excluding hydrogens is 348 g/mol. The molecule has 0 aromatic heterocycles. The monoisotopic (exact) mass is 380 g/mol. The van der Waals surface area contributed by atoms with Crippen molar-refractivity contribution in [2.75, 3.05) is 7.05 Å². The molecule has 0 aliphatic carbocycles. The Hall–Kier alpha value is -2.75. The van der Waals surface area contributed by atoms with Gasteiger partial charge in [-0.15, -0.1) is 0 Å². The maximum atomic E-state index is 12.0. The maximum absolute atomic E-state index is 12.0. The van der Waals surface area contributed by atoms with E-state index in [1.807, 2.05) is 50.4 Å². The van der Waals surface area contributed by atoms with Gasteiger partial charge in [0, 0.05) is 30.6 Å². The van der Waals surface area contributed by atoms with Gasteiger partial charge in [-0.2, -0.15) is 0 Å². The molecule has 0 heterocycles. The van der Waals surface area contributed by atoms with Gasteiger partial charge in [-0.25, -0.2) is 0 Å². The first-order chi connectivity index (χ1) is 13.6. The van der Waals surface area contributed by atoms with Crippen molar-refractivity contribution >= 4 is 24.0 Å². The molecule has 0 aliphatic heterocycles. The van der Waals surface area contributed by atoms with Crippen molar-refractivity contribution in [1.82, 2.24) is 5.32 Å². The first kappa shape index (κ1) is 23.3. The highest BCUT2D eigenvalue weighted by Gasteiger charge is 2.16. The topological polar surface area (TPSA) is 58.5 Å². The van der Waals surface area contributed by atoms with Crippen LogP contribution in [-0.4, -0.2) is 25.5 Å². The summed E-state index contributed by atoms with van der Waals surface area (Å²) in [6, 6.07) is 8.11. The Kier molecular flexibility index (Phi) is 11.2. The minimum Gasteiger partial charge on any atom is -0.355 e. The summed E-state index contributed by atoms with van der Waals surface area (Å²) in [5.74, 6) is -0.237. The van der Waals surface area contributed by atoms with Crippen molar-refractivity contribution < 1.29 is 9.59 Å². The van der Waals surface area contributed by atoms with Gasteiger partial charge in [-0.05, 0) is 63.2 Å². The average molecular weight is 381 g/mol. The molecule has 0 bridgehead atoms. The average Bonchev–Trinajstić information content (AvgIpc) is 2.73. The molecule has 4 nitrogen and oxygen atoms in total. The molecule has 0 radical (unpaired) electrons. The van der Waals surface area contributed by atoms with Crippen molar-refractivity contribution in [3.05, 3.63) is 64.9 Å². The number of benzene rings is 1. The quantitative estimate of drug-likeness (QED) is 0.192. The van der Waals surface area contributed by atoms with E-state index in [0.29, 0.717) is 11.1 Å². The van der Waals surface area contributed by atoms with Gasteiger partial charge < -0.3 is 5.32 Å². The summed E-state index contributed by atoms with van der Waals surface area (Å²) in [4.78, 5) is 28.0. The van der Waals surface area contributed by atoms with E-state index in [1.165, 1.54) is 5.56 Å². The lowest BCUT2D eigenvalue weighted by Crippen LogP contribution is -2.20. The summed E-state index contributed by atoms with van der Waals surface area (Å²) in [7, 11) is 1.57. The highest BCUT2D eigenvalue weighted by Crippen LogP contribution is 2.28. The SMILES string of the molecule is C/C=C\N=CCCCCCc1ccccc1C(=C\C)/C(C=O)=C(\C)C(=O)NC. The summed E-state index contributed by atoms with van der Waals surface area (Å²) in [6.07, 6.45) is 13.6. The van der Waals surface area contributed by atoms with Crippen molar-refractivity contribution in [3.8, 4) is 0 Å². The Bertz CT molecular complexity index is 771. The number of nitrogens with one attached hydrogen (secondary N) is 1. The third kappa shape index (κ3) is 7.10. The number of carbonyl (C=O) groups is 2. The van der Waals surface area contributed by atoms with Crippen molar-refractivity contribution in [1.29, 1.82) is 0 Å². The molecule has 1 N–H and O–H groups in total. The fourth-order valence-corrected chi connectivity index (χ4v) is 3.07. The second kappa shape index (κ2) is 13.4. The molecule has 1 amide bonds. The molecule has 0 aliphatic rings. The number of unbranched alkanes of at least 4 members (excludes halogenated alkanes) is 3. The van der Waals surface area contributed by atoms with E-state index in [4.69, 9.17) is 0 Å². The molecule has 1 rings (SSSR count). The number of allylic oxidation sites excluding steroid dienone is 4. The fraction of sp³-hybridized carbons (Fsp3) is 0.375. The van der Waals surface area contributed by atoms with Crippen LogP contribution in [0.3, 0.4) is 0 Å². The van der Waals surface area contributed by atoms with Crippen molar-refractivity contribution in [2.45, 2.75) is 52.9 Å². The summed E-state index contributed by atoms with van der Waals surface area (Å²) < 4.78 is 0. The molecule has 0 saturated carbocycles. The van der Waals surface area contributed by atoms with Crippen molar-refractivity contribution in [2.24, 2.45) is 4.99 Å². The second-order valence-electron chi connectivity index (χ2n) is 6.51. The Labute approximate surface area is 169 Å². The highest BCUT2D eigenvalue weighted by molar-refractivity contribution is 6.08. The lowest BCUT2D eigenvalue weighted by atomic mass is 9.89. The molecule has 0 spiro atoms. The molecular formula is C24H32N2O2. The molecule has 4 heteroatoms. The van der Waals surface area contributed by atoms with Crippen LogP contribution in [-0.2, 0) is 16.0 Å². The highest BCUT2D eigenvalue weighted by atomic mass is 16.1. The third-order valence-corrected chi connectivity index (χ3v) is 4.60. The normalized spacial score (nSPS) is 13.1. The van der Waals surface area contributed by atoms with Crippen LogP contribution in [0.1, 0.15) is 57.6 Å². The first-order valence-corrected chi connectivity index (χ1v) is 9.86. The minimum absolute atomic E-state index is 0.237. The van der Waals surface area contributed by atoms with Gasteiger partial charge in [0.1, 0.15) is 0 Å². The number of nitrogens with zero attached hydrogens (tertiary/aromatic N) is 1. The van der Waals surface area contributed by atoms with Crippen LogP contribution in [0, 0.1) is 0 Å². The largest absolute Gasteiger partial charge is 0.355 e. The Morgan fingerprint density at radius 2 is 1.89 bits per heavy atom. The van der Waals surface area contributed by atoms with E-state index >= 15 is 0 Å². The number of hydrogen-bond acceptors (Lipinski definition) is 3. The van der Waals surface area contributed by atoms with E-state index in [0.717, 1.165) is 49.5 Å². The summed E-state index contributed by atoms with van der Waals surface area (Å²) in [6.45, 7) is 5.54. The zero-order valence-corrected chi connectivity index (χ0v) is 17.5. The van der Waals surface area contributed by atoms with Gasteiger partial charge in [0.15, 0.2) is 6.29 Å². The molecule has 0 unspecified atom stereocenters. The molecule has 0 saturated heterocycles.